The molecule has 2 atom stereocenters. The minimum atomic E-state index is -0.0163. The lowest BCUT2D eigenvalue weighted by atomic mass is 10.1. The molecule has 0 aliphatic heterocycles. The van der Waals surface area contributed by atoms with Gasteiger partial charge in [-0.1, -0.05) is 36.4 Å². The average Bonchev–Trinajstić information content (AvgIpc) is 3.46. The van der Waals surface area contributed by atoms with Crippen molar-refractivity contribution in [3.05, 3.63) is 59.7 Å². The summed E-state index contributed by atoms with van der Waals surface area (Å²) in [4.78, 5) is 12.1. The van der Waals surface area contributed by atoms with Gasteiger partial charge in [0.2, 0.25) is 5.91 Å². The van der Waals surface area contributed by atoms with Gasteiger partial charge in [-0.15, -0.1) is 0 Å². The van der Waals surface area contributed by atoms with Gasteiger partial charge in [0, 0.05) is 18.6 Å². The third-order valence-corrected chi connectivity index (χ3v) is 4.40. The molecule has 5 heteroatoms. The van der Waals surface area contributed by atoms with Crippen LogP contribution in [0, 0.1) is 5.92 Å². The maximum Gasteiger partial charge on any atom is 0.243 e. The van der Waals surface area contributed by atoms with Crippen molar-refractivity contribution in [2.45, 2.75) is 18.8 Å². The number of rotatable bonds is 7. The third kappa shape index (κ3) is 4.18. The first-order valence-electron chi connectivity index (χ1n) is 8.30. The van der Waals surface area contributed by atoms with Gasteiger partial charge in [-0.25, -0.2) is 5.43 Å². The average molecular weight is 338 g/mol. The summed E-state index contributed by atoms with van der Waals surface area (Å²) in [5.74, 6) is 1.71. The first-order chi connectivity index (χ1) is 12.2. The fourth-order valence-corrected chi connectivity index (χ4v) is 2.90. The molecule has 2 aromatic carbocycles. The second-order valence-corrected chi connectivity index (χ2v) is 6.04. The van der Waals surface area contributed by atoms with E-state index in [1.54, 1.807) is 20.4 Å². The number of carbonyl (C=O) groups is 1. The molecule has 0 bridgehead atoms. The summed E-state index contributed by atoms with van der Waals surface area (Å²) >= 11 is 0. The monoisotopic (exact) mass is 338 g/mol. The second-order valence-electron chi connectivity index (χ2n) is 6.04. The van der Waals surface area contributed by atoms with Gasteiger partial charge in [0.05, 0.1) is 14.2 Å². The molecule has 25 heavy (non-hydrogen) atoms. The Labute approximate surface area is 147 Å². The molecular formula is C20H22N2O3. The number of amides is 1. The molecule has 0 radical (unpaired) electrons. The zero-order valence-electron chi connectivity index (χ0n) is 14.4. The lowest BCUT2D eigenvalue weighted by Gasteiger charge is -2.08. The zero-order chi connectivity index (χ0) is 17.6. The predicted molar refractivity (Wildman–Crippen MR) is 97.2 cm³/mol. The summed E-state index contributed by atoms with van der Waals surface area (Å²) in [5, 5.41) is 4.06. The molecule has 2 aromatic rings. The highest BCUT2D eigenvalue weighted by Gasteiger charge is 2.43. The first-order valence-corrected chi connectivity index (χ1v) is 8.30. The number of methoxy groups -OCH3 is 2. The van der Waals surface area contributed by atoms with Crippen LogP contribution in [0.25, 0.3) is 0 Å². The van der Waals surface area contributed by atoms with Crippen LogP contribution in [0.5, 0.6) is 11.5 Å². The first kappa shape index (κ1) is 17.0. The van der Waals surface area contributed by atoms with Crippen molar-refractivity contribution in [1.82, 2.24) is 5.43 Å². The standard InChI is InChI=1S/C20H22N2O3/c1-24-18-9-8-14(12-19(18)25-2)10-11-21-22-20(23)17-13-16(17)15-6-4-3-5-7-15/h3-9,11-12,16-17H,10,13H2,1-2H3,(H,22,23). The Kier molecular flexibility index (Phi) is 5.33. The van der Waals surface area contributed by atoms with Crippen molar-refractivity contribution < 1.29 is 14.3 Å². The molecule has 2 unspecified atom stereocenters. The second kappa shape index (κ2) is 7.83. The predicted octanol–water partition coefficient (Wildman–Crippen LogP) is 3.15. The van der Waals surface area contributed by atoms with Gasteiger partial charge in [-0.3, -0.25) is 4.79 Å². The Bertz CT molecular complexity index is 759. The molecule has 0 spiro atoms. The van der Waals surface area contributed by atoms with Crippen molar-refractivity contribution in [2.75, 3.05) is 14.2 Å². The Morgan fingerprint density at radius 1 is 1.16 bits per heavy atom. The molecule has 0 heterocycles. The van der Waals surface area contributed by atoms with Crippen LogP contribution in [0.15, 0.2) is 53.6 Å². The van der Waals surface area contributed by atoms with Crippen LogP contribution in [-0.2, 0) is 11.2 Å². The molecule has 1 aliphatic carbocycles. The number of ether oxygens (including phenoxy) is 2. The van der Waals surface area contributed by atoms with E-state index >= 15 is 0 Å². The van der Waals surface area contributed by atoms with Crippen LogP contribution >= 0.6 is 0 Å². The van der Waals surface area contributed by atoms with E-state index in [-0.39, 0.29) is 11.8 Å². The molecular weight excluding hydrogens is 316 g/mol. The van der Waals surface area contributed by atoms with E-state index < -0.39 is 0 Å². The van der Waals surface area contributed by atoms with Crippen LogP contribution < -0.4 is 14.9 Å². The van der Waals surface area contributed by atoms with Gasteiger partial charge in [-0.05, 0) is 35.6 Å². The summed E-state index contributed by atoms with van der Waals surface area (Å²) in [6.45, 7) is 0. The molecule has 1 saturated carbocycles. The maximum absolute atomic E-state index is 12.1. The molecule has 5 nitrogen and oxygen atoms in total. The van der Waals surface area contributed by atoms with Crippen LogP contribution in [0.4, 0.5) is 0 Å². The number of hydrogen-bond donors (Lipinski definition) is 1. The fourth-order valence-electron chi connectivity index (χ4n) is 2.90. The van der Waals surface area contributed by atoms with E-state index in [0.717, 1.165) is 12.0 Å². The summed E-state index contributed by atoms with van der Waals surface area (Å²) in [6, 6.07) is 15.8. The van der Waals surface area contributed by atoms with Gasteiger partial charge in [-0.2, -0.15) is 5.10 Å². The minimum absolute atomic E-state index is 0.0163. The van der Waals surface area contributed by atoms with Gasteiger partial charge in [0.25, 0.3) is 0 Å². The van der Waals surface area contributed by atoms with Crippen LogP contribution in [-0.4, -0.2) is 26.3 Å². The Morgan fingerprint density at radius 2 is 1.92 bits per heavy atom. The SMILES string of the molecule is COc1ccc(CC=NNC(=O)C2CC2c2ccccc2)cc1OC. The number of nitrogens with zero attached hydrogens (tertiary/aromatic N) is 1. The molecule has 0 aromatic heterocycles. The normalized spacial score (nSPS) is 18.8. The van der Waals surface area contributed by atoms with E-state index in [9.17, 15) is 4.79 Å². The largest absolute Gasteiger partial charge is 0.493 e. The van der Waals surface area contributed by atoms with Crippen LogP contribution in [0.1, 0.15) is 23.5 Å². The van der Waals surface area contributed by atoms with Crippen LogP contribution in [0.3, 0.4) is 0 Å². The van der Waals surface area contributed by atoms with Crippen molar-refractivity contribution >= 4 is 12.1 Å². The van der Waals surface area contributed by atoms with E-state index in [4.69, 9.17) is 9.47 Å². The molecule has 130 valence electrons. The smallest absolute Gasteiger partial charge is 0.243 e. The van der Waals surface area contributed by atoms with E-state index in [1.807, 2.05) is 36.4 Å². The lowest BCUT2D eigenvalue weighted by molar-refractivity contribution is -0.122. The summed E-state index contributed by atoms with van der Waals surface area (Å²) in [5.41, 5.74) is 4.89. The molecule has 0 saturated heterocycles. The van der Waals surface area contributed by atoms with Crippen LogP contribution in [0.2, 0.25) is 0 Å². The highest BCUT2D eigenvalue weighted by Crippen LogP contribution is 2.47. The number of hydrazone groups is 1. The topological polar surface area (TPSA) is 59.9 Å². The van der Waals surface area contributed by atoms with Gasteiger partial charge < -0.3 is 9.47 Å². The Hall–Kier alpha value is -2.82. The molecule has 1 N–H and O–H groups in total. The van der Waals surface area contributed by atoms with Gasteiger partial charge >= 0.3 is 0 Å². The zero-order valence-corrected chi connectivity index (χ0v) is 14.4. The number of carbonyl (C=O) groups excluding carboxylic acids is 1. The minimum Gasteiger partial charge on any atom is -0.493 e. The van der Waals surface area contributed by atoms with Gasteiger partial charge in [0.15, 0.2) is 11.5 Å². The fraction of sp³-hybridized carbons (Fsp3) is 0.300. The number of nitrogens with one attached hydrogen (secondary N) is 1. The van der Waals surface area contributed by atoms with Gasteiger partial charge in [0.1, 0.15) is 0 Å². The Balaban J connectivity index is 1.48. The number of hydrogen-bond acceptors (Lipinski definition) is 4. The van der Waals surface area contributed by atoms with E-state index in [0.29, 0.717) is 23.8 Å². The number of benzene rings is 2. The Morgan fingerprint density at radius 3 is 2.64 bits per heavy atom. The molecule has 1 aliphatic rings. The van der Waals surface area contributed by atoms with Crippen molar-refractivity contribution in [3.63, 3.8) is 0 Å². The summed E-state index contributed by atoms with van der Waals surface area (Å²) in [7, 11) is 3.21. The quantitative estimate of drug-likeness (QED) is 0.623. The van der Waals surface area contributed by atoms with Crippen molar-refractivity contribution in [3.8, 4) is 11.5 Å². The summed E-state index contributed by atoms with van der Waals surface area (Å²) in [6.07, 6.45) is 3.19. The highest BCUT2D eigenvalue weighted by atomic mass is 16.5. The van der Waals surface area contributed by atoms with Crippen molar-refractivity contribution in [2.24, 2.45) is 11.0 Å². The molecule has 1 amide bonds. The van der Waals surface area contributed by atoms with E-state index in [1.165, 1.54) is 5.56 Å². The maximum atomic E-state index is 12.1. The third-order valence-electron chi connectivity index (χ3n) is 4.40. The van der Waals surface area contributed by atoms with Crippen molar-refractivity contribution in [1.29, 1.82) is 0 Å². The summed E-state index contributed by atoms with van der Waals surface area (Å²) < 4.78 is 10.5. The molecule has 3 rings (SSSR count). The van der Waals surface area contributed by atoms with E-state index in [2.05, 4.69) is 22.7 Å². The highest BCUT2D eigenvalue weighted by molar-refractivity contribution is 5.83. The molecule has 1 fully saturated rings. The lowest BCUT2D eigenvalue weighted by Crippen LogP contribution is -2.20.